The number of sulfonamides is 1. The molecule has 4 rings (SSSR count). The molecule has 0 unspecified atom stereocenters. The summed E-state index contributed by atoms with van der Waals surface area (Å²) in [5.41, 5.74) is 2.18. The summed E-state index contributed by atoms with van der Waals surface area (Å²) < 4.78 is 39.4. The Hall–Kier alpha value is -3.03. The van der Waals surface area contributed by atoms with Gasteiger partial charge in [-0.1, -0.05) is 42.5 Å². The molecule has 7 heteroatoms. The number of fused-ring (bicyclic) bond motifs is 1. The Labute approximate surface area is 170 Å². The number of hydrogen-bond donors (Lipinski definition) is 1. The molecule has 0 amide bonds. The van der Waals surface area contributed by atoms with Crippen molar-refractivity contribution in [2.24, 2.45) is 0 Å². The van der Waals surface area contributed by atoms with Crippen molar-refractivity contribution in [3.05, 3.63) is 83.9 Å². The summed E-state index contributed by atoms with van der Waals surface area (Å²) in [6.45, 7) is 0.227. The van der Waals surface area contributed by atoms with Crippen LogP contribution in [0.25, 0.3) is 0 Å². The van der Waals surface area contributed by atoms with Gasteiger partial charge in [-0.25, -0.2) is 8.42 Å². The molecule has 0 saturated heterocycles. The number of hydrogen-bond acceptors (Lipinski definition) is 5. The van der Waals surface area contributed by atoms with Gasteiger partial charge in [0.2, 0.25) is 10.0 Å². The van der Waals surface area contributed by atoms with Crippen LogP contribution in [0.4, 0.5) is 5.69 Å². The fraction of sp³-hybridized carbons (Fsp3) is 0.182. The van der Waals surface area contributed by atoms with E-state index >= 15 is 0 Å². The van der Waals surface area contributed by atoms with E-state index in [1.807, 2.05) is 42.5 Å². The highest BCUT2D eigenvalue weighted by atomic mass is 32.2. The Morgan fingerprint density at radius 3 is 2.38 bits per heavy atom. The van der Waals surface area contributed by atoms with Crippen LogP contribution in [0, 0.1) is 0 Å². The Balaban J connectivity index is 1.86. The predicted molar refractivity (Wildman–Crippen MR) is 112 cm³/mol. The lowest BCUT2D eigenvalue weighted by Crippen LogP contribution is -2.42. The van der Waals surface area contributed by atoms with E-state index in [4.69, 9.17) is 9.47 Å². The number of nitrogens with zero attached hydrogens (tertiary/aromatic N) is 1. The smallest absolute Gasteiger partial charge is 0.247 e. The average molecular weight is 410 g/mol. The van der Waals surface area contributed by atoms with Crippen LogP contribution in [0.15, 0.2) is 77.7 Å². The van der Waals surface area contributed by atoms with Crippen LogP contribution in [-0.2, 0) is 16.6 Å². The molecule has 1 aliphatic rings. The normalized spacial score (nSPS) is 17.8. The van der Waals surface area contributed by atoms with Crippen molar-refractivity contribution in [2.75, 3.05) is 19.5 Å². The number of rotatable bonds is 5. The van der Waals surface area contributed by atoms with Gasteiger partial charge in [0.25, 0.3) is 0 Å². The summed E-state index contributed by atoms with van der Waals surface area (Å²) in [5.74, 6) is 1.19. The third kappa shape index (κ3) is 3.54. The van der Waals surface area contributed by atoms with E-state index in [1.165, 1.54) is 4.31 Å². The maximum Gasteiger partial charge on any atom is 0.247 e. The van der Waals surface area contributed by atoms with Crippen molar-refractivity contribution >= 4 is 15.7 Å². The van der Waals surface area contributed by atoms with E-state index in [9.17, 15) is 8.42 Å². The molecule has 0 saturated carbocycles. The van der Waals surface area contributed by atoms with Crippen LogP contribution in [0.2, 0.25) is 0 Å². The molecule has 0 fully saturated rings. The molecule has 0 bridgehead atoms. The zero-order valence-corrected chi connectivity index (χ0v) is 17.0. The summed E-state index contributed by atoms with van der Waals surface area (Å²) in [6, 6.07) is 21.9. The zero-order valence-electron chi connectivity index (χ0n) is 16.2. The Morgan fingerprint density at radius 2 is 1.66 bits per heavy atom. The SMILES string of the molecule is COc1ccc([C@H]2Nc3ccccc3S(=O)(=O)N2Cc2ccccc2)c(OC)c1. The highest BCUT2D eigenvalue weighted by molar-refractivity contribution is 7.89. The summed E-state index contributed by atoms with van der Waals surface area (Å²) in [7, 11) is -0.595. The fourth-order valence-electron chi connectivity index (χ4n) is 3.51. The Kier molecular flexibility index (Phi) is 5.17. The van der Waals surface area contributed by atoms with Gasteiger partial charge in [0.05, 0.1) is 19.9 Å². The number of benzene rings is 3. The average Bonchev–Trinajstić information content (AvgIpc) is 2.76. The lowest BCUT2D eigenvalue weighted by Gasteiger charge is -2.38. The van der Waals surface area contributed by atoms with Gasteiger partial charge in [-0.15, -0.1) is 0 Å². The second kappa shape index (κ2) is 7.77. The second-order valence-corrected chi connectivity index (χ2v) is 8.55. The lowest BCUT2D eigenvalue weighted by atomic mass is 10.1. The monoisotopic (exact) mass is 410 g/mol. The van der Waals surface area contributed by atoms with Crippen molar-refractivity contribution in [1.82, 2.24) is 4.31 Å². The van der Waals surface area contributed by atoms with Crippen molar-refractivity contribution in [2.45, 2.75) is 17.6 Å². The number of nitrogens with one attached hydrogen (secondary N) is 1. The number of anilines is 1. The summed E-state index contributed by atoms with van der Waals surface area (Å²) in [5, 5.41) is 3.38. The fourth-order valence-corrected chi connectivity index (χ4v) is 5.18. The Morgan fingerprint density at radius 1 is 0.931 bits per heavy atom. The van der Waals surface area contributed by atoms with E-state index in [1.54, 1.807) is 44.6 Å². The molecule has 1 atom stereocenters. The van der Waals surface area contributed by atoms with E-state index in [-0.39, 0.29) is 11.4 Å². The number of ether oxygens (including phenoxy) is 2. The first-order valence-corrected chi connectivity index (χ1v) is 10.6. The quantitative estimate of drug-likeness (QED) is 0.688. The Bertz CT molecular complexity index is 1120. The van der Waals surface area contributed by atoms with Gasteiger partial charge in [-0.3, -0.25) is 0 Å². The molecule has 150 valence electrons. The van der Waals surface area contributed by atoms with Crippen molar-refractivity contribution in [1.29, 1.82) is 0 Å². The van der Waals surface area contributed by atoms with Gasteiger partial charge in [-0.05, 0) is 29.8 Å². The highest BCUT2D eigenvalue weighted by Crippen LogP contribution is 2.42. The van der Waals surface area contributed by atoms with Crippen molar-refractivity contribution < 1.29 is 17.9 Å². The van der Waals surface area contributed by atoms with Crippen LogP contribution < -0.4 is 14.8 Å². The van der Waals surface area contributed by atoms with Gasteiger partial charge in [0.1, 0.15) is 22.6 Å². The summed E-state index contributed by atoms with van der Waals surface area (Å²) in [4.78, 5) is 0.264. The third-order valence-electron chi connectivity index (χ3n) is 4.97. The highest BCUT2D eigenvalue weighted by Gasteiger charge is 2.40. The maximum atomic E-state index is 13.5. The first-order chi connectivity index (χ1) is 14.0. The molecule has 6 nitrogen and oxygen atoms in total. The molecule has 1 heterocycles. The maximum absolute atomic E-state index is 13.5. The molecule has 0 radical (unpaired) electrons. The van der Waals surface area contributed by atoms with E-state index < -0.39 is 16.2 Å². The van der Waals surface area contributed by atoms with Crippen LogP contribution in [0.3, 0.4) is 0 Å². The second-order valence-electron chi connectivity index (χ2n) is 6.69. The third-order valence-corrected chi connectivity index (χ3v) is 6.84. The minimum atomic E-state index is -3.73. The molecule has 0 aliphatic carbocycles. The molecule has 1 N–H and O–H groups in total. The molecule has 29 heavy (non-hydrogen) atoms. The summed E-state index contributed by atoms with van der Waals surface area (Å²) >= 11 is 0. The number of methoxy groups -OCH3 is 2. The van der Waals surface area contributed by atoms with Gasteiger partial charge >= 0.3 is 0 Å². The molecule has 3 aromatic carbocycles. The minimum absolute atomic E-state index is 0.227. The van der Waals surface area contributed by atoms with Crippen molar-refractivity contribution in [3.8, 4) is 11.5 Å². The van der Waals surface area contributed by atoms with Crippen LogP contribution in [-0.4, -0.2) is 26.9 Å². The van der Waals surface area contributed by atoms with Gasteiger partial charge in [0, 0.05) is 18.2 Å². The molecule has 3 aromatic rings. The lowest BCUT2D eigenvalue weighted by molar-refractivity contribution is 0.322. The van der Waals surface area contributed by atoms with Gasteiger partial charge < -0.3 is 14.8 Å². The molecular formula is C22H22N2O4S. The van der Waals surface area contributed by atoms with E-state index in [0.717, 1.165) is 5.56 Å². The standard InChI is InChI=1S/C22H22N2O4S/c1-27-17-12-13-18(20(14-17)28-2)22-23-19-10-6-7-11-21(19)29(25,26)24(22)15-16-8-4-3-5-9-16/h3-14,22-23H,15H2,1-2H3/t22-/m0/s1. The van der Waals surface area contributed by atoms with E-state index in [2.05, 4.69) is 5.32 Å². The van der Waals surface area contributed by atoms with Gasteiger partial charge in [0.15, 0.2) is 0 Å². The van der Waals surface area contributed by atoms with Crippen LogP contribution >= 0.6 is 0 Å². The molecule has 0 aromatic heterocycles. The van der Waals surface area contributed by atoms with E-state index in [0.29, 0.717) is 22.7 Å². The first-order valence-electron chi connectivity index (χ1n) is 9.18. The molecule has 1 aliphatic heterocycles. The molecule has 0 spiro atoms. The minimum Gasteiger partial charge on any atom is -0.497 e. The number of para-hydroxylation sites is 1. The van der Waals surface area contributed by atoms with Crippen LogP contribution in [0.5, 0.6) is 11.5 Å². The van der Waals surface area contributed by atoms with Gasteiger partial charge in [-0.2, -0.15) is 4.31 Å². The predicted octanol–water partition coefficient (Wildman–Crippen LogP) is 4.02. The summed E-state index contributed by atoms with van der Waals surface area (Å²) in [6.07, 6.45) is -0.629. The molecular weight excluding hydrogens is 388 g/mol. The zero-order chi connectivity index (χ0) is 20.4. The van der Waals surface area contributed by atoms with Crippen LogP contribution in [0.1, 0.15) is 17.3 Å². The largest absolute Gasteiger partial charge is 0.497 e. The van der Waals surface area contributed by atoms with Crippen molar-refractivity contribution in [3.63, 3.8) is 0 Å². The first kappa shape index (κ1) is 19.3. The topological polar surface area (TPSA) is 67.9 Å².